The fourth-order valence-electron chi connectivity index (χ4n) is 3.25. The van der Waals surface area contributed by atoms with Crippen LogP contribution in [-0.2, 0) is 4.79 Å². The van der Waals surface area contributed by atoms with Crippen LogP contribution in [0.1, 0.15) is 0 Å². The van der Waals surface area contributed by atoms with Crippen molar-refractivity contribution in [3.8, 4) is 33.9 Å². The number of aromatic nitrogens is 2. The number of fused-ring (bicyclic) bond motifs is 1. The Morgan fingerprint density at radius 1 is 0.929 bits per heavy atom. The third-order valence-corrected chi connectivity index (χ3v) is 4.61. The number of amides is 1. The van der Waals surface area contributed by atoms with E-state index in [4.69, 9.17) is 9.47 Å². The topological polar surface area (TPSA) is 64.9 Å². The fourth-order valence-corrected chi connectivity index (χ4v) is 3.25. The second-order valence-electron chi connectivity index (χ2n) is 6.18. The van der Waals surface area contributed by atoms with Crippen molar-refractivity contribution < 1.29 is 14.3 Å². The highest BCUT2D eigenvalue weighted by Gasteiger charge is 2.14. The number of methoxy groups -OCH3 is 2. The van der Waals surface area contributed by atoms with Gasteiger partial charge in [-0.15, -0.1) is 0 Å². The molecule has 0 spiro atoms. The minimum Gasteiger partial charge on any atom is -0.493 e. The molecular formula is C22H19N3O3. The first-order valence-corrected chi connectivity index (χ1v) is 8.74. The van der Waals surface area contributed by atoms with E-state index in [1.807, 2.05) is 65.2 Å². The van der Waals surface area contributed by atoms with Gasteiger partial charge in [0.25, 0.3) is 0 Å². The Bertz CT molecular complexity index is 1140. The van der Waals surface area contributed by atoms with Crippen molar-refractivity contribution >= 4 is 17.7 Å². The number of benzene rings is 2. The zero-order valence-corrected chi connectivity index (χ0v) is 15.5. The van der Waals surface area contributed by atoms with Gasteiger partial charge in [-0.3, -0.25) is 9.20 Å². The molecule has 0 atom stereocenters. The molecule has 0 saturated heterocycles. The lowest BCUT2D eigenvalue weighted by Gasteiger charge is -2.11. The molecule has 0 saturated carbocycles. The average molecular weight is 373 g/mol. The van der Waals surface area contributed by atoms with E-state index in [2.05, 4.69) is 10.3 Å². The summed E-state index contributed by atoms with van der Waals surface area (Å²) in [6.45, 7) is 0. The van der Waals surface area contributed by atoms with E-state index in [1.165, 1.54) is 0 Å². The zero-order chi connectivity index (χ0) is 19.5. The van der Waals surface area contributed by atoms with Crippen LogP contribution in [0.5, 0.6) is 11.5 Å². The number of hydrogen-bond donors (Lipinski definition) is 1. The van der Waals surface area contributed by atoms with Gasteiger partial charge >= 0.3 is 0 Å². The van der Waals surface area contributed by atoms with Crippen LogP contribution in [-0.4, -0.2) is 30.0 Å². The summed E-state index contributed by atoms with van der Waals surface area (Å²) >= 11 is 0. The van der Waals surface area contributed by atoms with E-state index in [0.29, 0.717) is 29.2 Å². The standard InChI is InChI=1S/C22H19N3O3/c1-27-20-9-8-16(11-21(20)28-2)19-12-23-22-18(24-14-26)10-17(13-25(19)22)15-6-4-3-5-7-15/h3-14H,1-2H3,(H,24,26). The Morgan fingerprint density at radius 2 is 1.71 bits per heavy atom. The molecule has 1 amide bonds. The molecular weight excluding hydrogens is 354 g/mol. The predicted octanol–water partition coefficient (Wildman–Crippen LogP) is 4.25. The van der Waals surface area contributed by atoms with Gasteiger partial charge in [-0.2, -0.15) is 0 Å². The molecule has 140 valence electrons. The molecule has 4 rings (SSSR count). The summed E-state index contributed by atoms with van der Waals surface area (Å²) in [5.41, 5.74) is 5.12. The van der Waals surface area contributed by atoms with Crippen LogP contribution in [0.3, 0.4) is 0 Å². The number of pyridine rings is 1. The Balaban J connectivity index is 1.93. The van der Waals surface area contributed by atoms with Gasteiger partial charge in [0.05, 0.1) is 31.8 Å². The molecule has 2 aromatic heterocycles. The van der Waals surface area contributed by atoms with E-state index in [9.17, 15) is 4.79 Å². The molecule has 0 aliphatic rings. The quantitative estimate of drug-likeness (QED) is 0.513. The number of rotatable bonds is 6. The van der Waals surface area contributed by atoms with Crippen molar-refractivity contribution in [2.75, 3.05) is 19.5 Å². The van der Waals surface area contributed by atoms with Crippen molar-refractivity contribution in [1.82, 2.24) is 9.38 Å². The molecule has 2 aromatic carbocycles. The van der Waals surface area contributed by atoms with Gasteiger partial charge in [-0.25, -0.2) is 4.98 Å². The summed E-state index contributed by atoms with van der Waals surface area (Å²) < 4.78 is 12.7. The molecule has 1 N–H and O–H groups in total. The third-order valence-electron chi connectivity index (χ3n) is 4.61. The average Bonchev–Trinajstić information content (AvgIpc) is 3.18. The highest BCUT2D eigenvalue weighted by Crippen LogP contribution is 2.34. The third kappa shape index (κ3) is 3.05. The maximum absolute atomic E-state index is 11.1. The SMILES string of the molecule is COc1ccc(-c2cnc3c(NC=O)cc(-c4ccccc4)cn23)cc1OC. The van der Waals surface area contributed by atoms with E-state index < -0.39 is 0 Å². The number of ether oxygens (including phenoxy) is 2. The number of imidazole rings is 1. The Hall–Kier alpha value is -3.80. The molecule has 0 bridgehead atoms. The van der Waals surface area contributed by atoms with Crippen LogP contribution in [0.15, 0.2) is 67.0 Å². The van der Waals surface area contributed by atoms with Gasteiger partial charge in [-0.1, -0.05) is 30.3 Å². The molecule has 0 aliphatic heterocycles. The Morgan fingerprint density at radius 3 is 2.43 bits per heavy atom. The normalized spacial score (nSPS) is 10.6. The van der Waals surface area contributed by atoms with Crippen LogP contribution >= 0.6 is 0 Å². The molecule has 2 heterocycles. The largest absolute Gasteiger partial charge is 0.493 e. The van der Waals surface area contributed by atoms with Crippen molar-refractivity contribution in [2.45, 2.75) is 0 Å². The van der Waals surface area contributed by atoms with Gasteiger partial charge in [0.1, 0.15) is 0 Å². The van der Waals surface area contributed by atoms with Crippen LogP contribution in [0.25, 0.3) is 28.0 Å². The minimum absolute atomic E-state index is 0.639. The van der Waals surface area contributed by atoms with E-state index in [-0.39, 0.29) is 0 Å². The second kappa shape index (κ2) is 7.44. The summed E-state index contributed by atoms with van der Waals surface area (Å²) in [6.07, 6.45) is 4.45. The van der Waals surface area contributed by atoms with Gasteiger partial charge in [0, 0.05) is 17.3 Å². The summed E-state index contributed by atoms with van der Waals surface area (Å²) in [7, 11) is 3.21. The maximum Gasteiger partial charge on any atom is 0.211 e. The number of carbonyl (C=O) groups excluding carboxylic acids is 1. The smallest absolute Gasteiger partial charge is 0.211 e. The Labute approximate surface area is 162 Å². The molecule has 0 unspecified atom stereocenters. The number of nitrogens with zero attached hydrogens (tertiary/aromatic N) is 2. The van der Waals surface area contributed by atoms with Crippen molar-refractivity contribution in [1.29, 1.82) is 0 Å². The Kier molecular flexibility index (Phi) is 4.68. The number of anilines is 1. The lowest BCUT2D eigenvalue weighted by Crippen LogP contribution is -2.00. The van der Waals surface area contributed by atoms with Crippen molar-refractivity contribution in [3.63, 3.8) is 0 Å². The van der Waals surface area contributed by atoms with Crippen molar-refractivity contribution in [3.05, 3.63) is 67.0 Å². The van der Waals surface area contributed by atoms with Gasteiger partial charge in [0.15, 0.2) is 17.1 Å². The second-order valence-corrected chi connectivity index (χ2v) is 6.18. The highest BCUT2D eigenvalue weighted by molar-refractivity contribution is 5.86. The van der Waals surface area contributed by atoms with Crippen LogP contribution in [0.2, 0.25) is 0 Å². The van der Waals surface area contributed by atoms with Gasteiger partial charge in [0.2, 0.25) is 6.41 Å². The van der Waals surface area contributed by atoms with E-state index >= 15 is 0 Å². The first-order chi connectivity index (χ1) is 13.7. The molecule has 6 nitrogen and oxygen atoms in total. The lowest BCUT2D eigenvalue weighted by atomic mass is 10.1. The van der Waals surface area contributed by atoms with Gasteiger partial charge in [-0.05, 0) is 29.8 Å². The van der Waals surface area contributed by atoms with Crippen LogP contribution in [0, 0.1) is 0 Å². The fraction of sp³-hybridized carbons (Fsp3) is 0.0909. The summed E-state index contributed by atoms with van der Waals surface area (Å²) in [5, 5.41) is 2.76. The van der Waals surface area contributed by atoms with E-state index in [0.717, 1.165) is 22.4 Å². The molecule has 0 aliphatic carbocycles. The monoisotopic (exact) mass is 373 g/mol. The molecule has 6 heteroatoms. The summed E-state index contributed by atoms with van der Waals surface area (Å²) in [5.74, 6) is 1.30. The molecule has 4 aromatic rings. The predicted molar refractivity (Wildman–Crippen MR) is 109 cm³/mol. The summed E-state index contributed by atoms with van der Waals surface area (Å²) in [6, 6.07) is 17.6. The minimum atomic E-state index is 0.639. The molecule has 28 heavy (non-hydrogen) atoms. The first-order valence-electron chi connectivity index (χ1n) is 8.74. The number of hydrogen-bond acceptors (Lipinski definition) is 4. The van der Waals surface area contributed by atoms with Gasteiger partial charge < -0.3 is 14.8 Å². The molecule has 0 fully saturated rings. The zero-order valence-electron chi connectivity index (χ0n) is 15.5. The summed E-state index contributed by atoms with van der Waals surface area (Å²) in [4.78, 5) is 15.6. The van der Waals surface area contributed by atoms with Crippen LogP contribution < -0.4 is 14.8 Å². The lowest BCUT2D eigenvalue weighted by molar-refractivity contribution is -0.105. The maximum atomic E-state index is 11.1. The highest BCUT2D eigenvalue weighted by atomic mass is 16.5. The van der Waals surface area contributed by atoms with E-state index in [1.54, 1.807) is 20.4 Å². The van der Waals surface area contributed by atoms with Crippen molar-refractivity contribution in [2.24, 2.45) is 0 Å². The number of carbonyl (C=O) groups is 1. The molecule has 0 radical (unpaired) electrons. The van der Waals surface area contributed by atoms with Crippen LogP contribution in [0.4, 0.5) is 5.69 Å². The number of nitrogens with one attached hydrogen (secondary N) is 1. The first kappa shape index (κ1) is 17.6.